The normalized spacial score (nSPS) is 10.3. The second-order valence-corrected chi connectivity index (χ2v) is 5.08. The van der Waals surface area contributed by atoms with Crippen molar-refractivity contribution in [1.82, 2.24) is 0 Å². The van der Waals surface area contributed by atoms with Gasteiger partial charge in [0.2, 0.25) is 0 Å². The molecule has 0 spiro atoms. The summed E-state index contributed by atoms with van der Waals surface area (Å²) >= 11 is 3.41. The van der Waals surface area contributed by atoms with Crippen LogP contribution in [0.15, 0.2) is 16.6 Å². The van der Waals surface area contributed by atoms with Gasteiger partial charge in [-0.2, -0.15) is 0 Å². The molecule has 0 saturated carbocycles. The lowest BCUT2D eigenvalue weighted by Crippen LogP contribution is -2.18. The van der Waals surface area contributed by atoms with Gasteiger partial charge in [-0.3, -0.25) is 5.32 Å². The van der Waals surface area contributed by atoms with E-state index in [1.807, 2.05) is 13.8 Å². The van der Waals surface area contributed by atoms with Gasteiger partial charge in [-0.25, -0.2) is 4.79 Å². The lowest BCUT2D eigenvalue weighted by molar-refractivity contribution is 0.130. The van der Waals surface area contributed by atoms with Crippen LogP contribution in [0, 0.1) is 0 Å². The molecule has 0 fully saturated rings. The van der Waals surface area contributed by atoms with Gasteiger partial charge in [0.1, 0.15) is 0 Å². The summed E-state index contributed by atoms with van der Waals surface area (Å²) < 4.78 is 16.8. The molecule has 0 aliphatic carbocycles. The standard InChI is InChI=1S/C14H20BrNO4/c1-5-18-12-8-10(16-14(17)20-9(3)4)7-11(15)13(12)19-6-2/h7-9H,5-6H2,1-4H3,(H,16,17). The van der Waals surface area contributed by atoms with Crippen LogP contribution in [-0.2, 0) is 4.74 Å². The average molecular weight is 346 g/mol. The van der Waals surface area contributed by atoms with E-state index in [1.165, 1.54) is 0 Å². The Kier molecular flexibility index (Phi) is 6.64. The van der Waals surface area contributed by atoms with E-state index in [2.05, 4.69) is 21.2 Å². The zero-order chi connectivity index (χ0) is 15.1. The number of rotatable bonds is 6. The van der Waals surface area contributed by atoms with Crippen LogP contribution in [0.4, 0.5) is 10.5 Å². The van der Waals surface area contributed by atoms with Gasteiger partial charge in [-0.15, -0.1) is 0 Å². The molecule has 0 unspecified atom stereocenters. The number of carbonyl (C=O) groups excluding carboxylic acids is 1. The molecule has 6 heteroatoms. The second kappa shape index (κ2) is 7.99. The molecular formula is C14H20BrNO4. The van der Waals surface area contributed by atoms with E-state index in [0.29, 0.717) is 34.9 Å². The Balaban J connectivity index is 2.95. The van der Waals surface area contributed by atoms with Crippen LogP contribution < -0.4 is 14.8 Å². The summed E-state index contributed by atoms with van der Waals surface area (Å²) in [6.45, 7) is 8.40. The summed E-state index contributed by atoms with van der Waals surface area (Å²) in [7, 11) is 0. The Bertz CT molecular complexity index is 463. The number of nitrogens with one attached hydrogen (secondary N) is 1. The van der Waals surface area contributed by atoms with Crippen molar-refractivity contribution in [1.29, 1.82) is 0 Å². The first kappa shape index (κ1) is 16.6. The molecule has 0 aromatic heterocycles. The van der Waals surface area contributed by atoms with Crippen molar-refractivity contribution in [3.63, 3.8) is 0 Å². The minimum absolute atomic E-state index is 0.174. The summed E-state index contributed by atoms with van der Waals surface area (Å²) in [5.74, 6) is 1.20. The van der Waals surface area contributed by atoms with Crippen LogP contribution in [0.25, 0.3) is 0 Å². The first-order valence-corrected chi connectivity index (χ1v) is 7.34. The molecule has 5 nitrogen and oxygen atoms in total. The highest BCUT2D eigenvalue weighted by molar-refractivity contribution is 9.10. The predicted octanol–water partition coefficient (Wildman–Crippen LogP) is 4.20. The maximum absolute atomic E-state index is 11.6. The maximum Gasteiger partial charge on any atom is 0.411 e. The molecule has 1 rings (SSSR count). The highest BCUT2D eigenvalue weighted by Crippen LogP contribution is 2.38. The smallest absolute Gasteiger partial charge is 0.411 e. The summed E-state index contributed by atoms with van der Waals surface area (Å²) in [5.41, 5.74) is 0.578. The molecule has 1 aromatic rings. The zero-order valence-electron chi connectivity index (χ0n) is 12.2. The van der Waals surface area contributed by atoms with Gasteiger partial charge in [0, 0.05) is 11.8 Å². The molecule has 20 heavy (non-hydrogen) atoms. The fourth-order valence-electron chi connectivity index (χ4n) is 1.55. The summed E-state index contributed by atoms with van der Waals surface area (Å²) in [5, 5.41) is 2.66. The minimum Gasteiger partial charge on any atom is -0.490 e. The Morgan fingerprint density at radius 1 is 1.25 bits per heavy atom. The van der Waals surface area contributed by atoms with Gasteiger partial charge in [0.05, 0.1) is 23.8 Å². The number of anilines is 1. The van der Waals surface area contributed by atoms with E-state index in [1.54, 1.807) is 26.0 Å². The van der Waals surface area contributed by atoms with Crippen molar-refractivity contribution >= 4 is 27.7 Å². The van der Waals surface area contributed by atoms with Crippen LogP contribution in [-0.4, -0.2) is 25.4 Å². The van der Waals surface area contributed by atoms with E-state index < -0.39 is 6.09 Å². The van der Waals surface area contributed by atoms with Crippen molar-refractivity contribution < 1.29 is 19.0 Å². The minimum atomic E-state index is -0.501. The molecule has 0 heterocycles. The van der Waals surface area contributed by atoms with E-state index in [0.717, 1.165) is 0 Å². The highest BCUT2D eigenvalue weighted by Gasteiger charge is 2.14. The van der Waals surface area contributed by atoms with Crippen molar-refractivity contribution in [2.75, 3.05) is 18.5 Å². The Morgan fingerprint density at radius 2 is 1.90 bits per heavy atom. The zero-order valence-corrected chi connectivity index (χ0v) is 13.7. The van der Waals surface area contributed by atoms with Gasteiger partial charge in [-0.05, 0) is 49.7 Å². The van der Waals surface area contributed by atoms with Crippen LogP contribution in [0.3, 0.4) is 0 Å². The molecule has 112 valence electrons. The Labute approximate surface area is 127 Å². The van der Waals surface area contributed by atoms with Gasteiger partial charge in [-0.1, -0.05) is 0 Å². The molecule has 0 aliphatic rings. The topological polar surface area (TPSA) is 56.8 Å². The molecule has 1 aromatic carbocycles. The second-order valence-electron chi connectivity index (χ2n) is 4.23. The summed E-state index contributed by atoms with van der Waals surface area (Å²) in [6.07, 6.45) is -0.675. The van der Waals surface area contributed by atoms with Gasteiger partial charge in [0.25, 0.3) is 0 Å². The third kappa shape index (κ3) is 4.92. The first-order valence-electron chi connectivity index (χ1n) is 6.54. The largest absolute Gasteiger partial charge is 0.490 e. The molecule has 0 saturated heterocycles. The molecule has 0 atom stereocenters. The maximum atomic E-state index is 11.6. The van der Waals surface area contributed by atoms with Crippen molar-refractivity contribution in [2.24, 2.45) is 0 Å². The Hall–Kier alpha value is -1.43. The lowest BCUT2D eigenvalue weighted by atomic mass is 10.2. The van der Waals surface area contributed by atoms with Crippen LogP contribution in [0.1, 0.15) is 27.7 Å². The lowest BCUT2D eigenvalue weighted by Gasteiger charge is -2.15. The number of benzene rings is 1. The predicted molar refractivity (Wildman–Crippen MR) is 81.7 cm³/mol. The number of carbonyl (C=O) groups is 1. The van der Waals surface area contributed by atoms with Gasteiger partial charge in [0.15, 0.2) is 11.5 Å². The van der Waals surface area contributed by atoms with Gasteiger partial charge >= 0.3 is 6.09 Å². The van der Waals surface area contributed by atoms with Crippen molar-refractivity contribution in [3.05, 3.63) is 16.6 Å². The number of hydrogen-bond acceptors (Lipinski definition) is 4. The van der Waals surface area contributed by atoms with Crippen LogP contribution >= 0.6 is 15.9 Å². The van der Waals surface area contributed by atoms with E-state index in [9.17, 15) is 4.79 Å². The van der Waals surface area contributed by atoms with Crippen molar-refractivity contribution in [3.8, 4) is 11.5 Å². The SMILES string of the molecule is CCOc1cc(NC(=O)OC(C)C)cc(Br)c1OCC. The monoisotopic (exact) mass is 345 g/mol. The molecular weight excluding hydrogens is 326 g/mol. The molecule has 0 aliphatic heterocycles. The summed E-state index contributed by atoms with van der Waals surface area (Å²) in [4.78, 5) is 11.6. The first-order chi connectivity index (χ1) is 9.47. The number of amides is 1. The third-order valence-corrected chi connectivity index (χ3v) is 2.78. The number of halogens is 1. The molecule has 0 bridgehead atoms. The fraction of sp³-hybridized carbons (Fsp3) is 0.500. The third-order valence-electron chi connectivity index (χ3n) is 2.19. The highest BCUT2D eigenvalue weighted by atomic mass is 79.9. The molecule has 0 radical (unpaired) electrons. The number of hydrogen-bond donors (Lipinski definition) is 1. The molecule has 1 amide bonds. The van der Waals surface area contributed by atoms with E-state index in [-0.39, 0.29) is 6.10 Å². The molecule has 1 N–H and O–H groups in total. The average Bonchev–Trinajstić information content (AvgIpc) is 2.32. The Morgan fingerprint density at radius 3 is 2.45 bits per heavy atom. The van der Waals surface area contributed by atoms with E-state index in [4.69, 9.17) is 14.2 Å². The van der Waals surface area contributed by atoms with Gasteiger partial charge < -0.3 is 14.2 Å². The summed E-state index contributed by atoms with van der Waals surface area (Å²) in [6, 6.07) is 3.45. The van der Waals surface area contributed by atoms with E-state index >= 15 is 0 Å². The van der Waals surface area contributed by atoms with Crippen molar-refractivity contribution in [2.45, 2.75) is 33.8 Å². The van der Waals surface area contributed by atoms with Crippen LogP contribution in [0.5, 0.6) is 11.5 Å². The van der Waals surface area contributed by atoms with Crippen LogP contribution in [0.2, 0.25) is 0 Å². The fourth-order valence-corrected chi connectivity index (χ4v) is 2.11. The number of ether oxygens (including phenoxy) is 3. The quantitative estimate of drug-likeness (QED) is 0.839.